The van der Waals surface area contributed by atoms with Crippen molar-refractivity contribution in [3.05, 3.63) is 17.5 Å². The lowest BCUT2D eigenvalue weighted by molar-refractivity contribution is -0.126. The molecular formula is C16H27N3O. The first kappa shape index (κ1) is 14.1. The van der Waals surface area contributed by atoms with E-state index < -0.39 is 0 Å². The number of hydrogen-bond donors (Lipinski definition) is 2. The van der Waals surface area contributed by atoms with E-state index in [0.29, 0.717) is 23.6 Å². The van der Waals surface area contributed by atoms with Crippen LogP contribution in [0.3, 0.4) is 0 Å². The van der Waals surface area contributed by atoms with Crippen LogP contribution in [0.25, 0.3) is 0 Å². The van der Waals surface area contributed by atoms with Crippen LogP contribution in [-0.2, 0) is 17.6 Å². The van der Waals surface area contributed by atoms with Gasteiger partial charge in [-0.25, -0.2) is 0 Å². The highest BCUT2D eigenvalue weighted by Crippen LogP contribution is 2.49. The van der Waals surface area contributed by atoms with Gasteiger partial charge >= 0.3 is 0 Å². The molecule has 0 aliphatic heterocycles. The van der Waals surface area contributed by atoms with Gasteiger partial charge in [0.25, 0.3) is 0 Å². The average Bonchev–Trinajstić information content (AvgIpc) is 2.92. The van der Waals surface area contributed by atoms with Gasteiger partial charge in [-0.2, -0.15) is 5.10 Å². The zero-order valence-corrected chi connectivity index (χ0v) is 12.9. The molecule has 0 aromatic carbocycles. The molecule has 4 nitrogen and oxygen atoms in total. The van der Waals surface area contributed by atoms with Gasteiger partial charge in [0.1, 0.15) is 0 Å². The third kappa shape index (κ3) is 2.09. The fraction of sp³-hybridized carbons (Fsp3) is 0.812. The Labute approximate surface area is 121 Å². The van der Waals surface area contributed by atoms with Crippen LogP contribution in [0.1, 0.15) is 50.8 Å². The quantitative estimate of drug-likeness (QED) is 0.869. The standard InChI is InChI=1S/C16H27N3O/c1-4-16(5-2)14(9-15(16)20-3)18-12-6-7-13-11(8-12)10-17-19-13/h10,12,14-15,18H,4-9H2,1-3H3,(H,17,19)/t12-,14+,15-/m0/s1. The lowest BCUT2D eigenvalue weighted by Gasteiger charge is -2.56. The summed E-state index contributed by atoms with van der Waals surface area (Å²) in [5.74, 6) is 0. The molecule has 2 aliphatic carbocycles. The van der Waals surface area contributed by atoms with Crippen molar-refractivity contribution in [2.24, 2.45) is 5.41 Å². The number of aromatic nitrogens is 2. The smallest absolute Gasteiger partial charge is 0.0657 e. The van der Waals surface area contributed by atoms with Gasteiger partial charge < -0.3 is 10.1 Å². The second kappa shape index (κ2) is 5.49. The van der Waals surface area contributed by atoms with E-state index in [4.69, 9.17) is 4.74 Å². The lowest BCUT2D eigenvalue weighted by Crippen LogP contribution is -2.65. The molecule has 0 spiro atoms. The van der Waals surface area contributed by atoms with Gasteiger partial charge in [0, 0.05) is 30.3 Å². The van der Waals surface area contributed by atoms with Gasteiger partial charge in [0.15, 0.2) is 0 Å². The average molecular weight is 277 g/mol. The molecule has 1 fully saturated rings. The van der Waals surface area contributed by atoms with Crippen LogP contribution in [0.4, 0.5) is 0 Å². The molecule has 1 saturated carbocycles. The summed E-state index contributed by atoms with van der Waals surface area (Å²) >= 11 is 0. The van der Waals surface area contributed by atoms with Crippen molar-refractivity contribution in [3.8, 4) is 0 Å². The third-order valence-electron chi connectivity index (χ3n) is 5.84. The van der Waals surface area contributed by atoms with Crippen LogP contribution in [0.2, 0.25) is 0 Å². The summed E-state index contributed by atoms with van der Waals surface area (Å²) < 4.78 is 5.69. The second-order valence-corrected chi connectivity index (χ2v) is 6.43. The van der Waals surface area contributed by atoms with Crippen LogP contribution in [0, 0.1) is 5.41 Å². The number of fused-ring (bicyclic) bond motifs is 1. The van der Waals surface area contributed by atoms with Gasteiger partial charge in [-0.3, -0.25) is 5.10 Å². The van der Waals surface area contributed by atoms with E-state index in [9.17, 15) is 0 Å². The number of H-pyrrole nitrogens is 1. The minimum atomic E-state index is 0.339. The van der Waals surface area contributed by atoms with E-state index in [2.05, 4.69) is 29.4 Å². The maximum Gasteiger partial charge on any atom is 0.0657 e. The number of nitrogens with zero attached hydrogens (tertiary/aromatic N) is 1. The molecule has 0 unspecified atom stereocenters. The molecule has 112 valence electrons. The topological polar surface area (TPSA) is 49.9 Å². The first-order valence-corrected chi connectivity index (χ1v) is 8.03. The summed E-state index contributed by atoms with van der Waals surface area (Å²) in [4.78, 5) is 0. The Bertz CT molecular complexity index is 452. The Kier molecular flexibility index (Phi) is 3.87. The summed E-state index contributed by atoms with van der Waals surface area (Å²) in [5, 5.41) is 11.2. The molecule has 0 saturated heterocycles. The number of rotatable bonds is 5. The van der Waals surface area contributed by atoms with Gasteiger partial charge in [-0.1, -0.05) is 13.8 Å². The van der Waals surface area contributed by atoms with Gasteiger partial charge in [-0.15, -0.1) is 0 Å². The van der Waals surface area contributed by atoms with Crippen molar-refractivity contribution < 1.29 is 4.74 Å². The van der Waals surface area contributed by atoms with Crippen LogP contribution in [0.15, 0.2) is 6.20 Å². The molecule has 0 amide bonds. The van der Waals surface area contributed by atoms with E-state index in [-0.39, 0.29) is 0 Å². The predicted octanol–water partition coefficient (Wildman–Crippen LogP) is 2.45. The van der Waals surface area contributed by atoms with Crippen LogP contribution < -0.4 is 5.32 Å². The van der Waals surface area contributed by atoms with Crippen LogP contribution in [-0.4, -0.2) is 35.5 Å². The molecule has 1 aromatic heterocycles. The number of aryl methyl sites for hydroxylation is 1. The zero-order valence-electron chi connectivity index (χ0n) is 12.9. The molecule has 2 aliphatic rings. The summed E-state index contributed by atoms with van der Waals surface area (Å²) in [7, 11) is 1.86. The molecule has 20 heavy (non-hydrogen) atoms. The predicted molar refractivity (Wildman–Crippen MR) is 79.8 cm³/mol. The summed E-state index contributed by atoms with van der Waals surface area (Å²) in [5.41, 5.74) is 3.07. The number of methoxy groups -OCH3 is 1. The molecule has 4 heteroatoms. The molecule has 2 N–H and O–H groups in total. The number of aromatic amines is 1. The summed E-state index contributed by atoms with van der Waals surface area (Å²) in [6.45, 7) is 4.61. The van der Waals surface area contributed by atoms with E-state index in [1.807, 2.05) is 13.3 Å². The Morgan fingerprint density at radius 1 is 1.45 bits per heavy atom. The molecular weight excluding hydrogens is 250 g/mol. The highest BCUT2D eigenvalue weighted by Gasteiger charge is 2.53. The molecule has 3 rings (SSSR count). The molecule has 0 radical (unpaired) electrons. The Hall–Kier alpha value is -0.870. The minimum absolute atomic E-state index is 0.339. The van der Waals surface area contributed by atoms with Crippen LogP contribution >= 0.6 is 0 Å². The number of nitrogens with one attached hydrogen (secondary N) is 2. The van der Waals surface area contributed by atoms with Crippen molar-refractivity contribution in [2.45, 2.75) is 70.6 Å². The Morgan fingerprint density at radius 3 is 2.95 bits per heavy atom. The monoisotopic (exact) mass is 277 g/mol. The summed E-state index contributed by atoms with van der Waals surface area (Å²) in [6, 6.07) is 1.21. The largest absolute Gasteiger partial charge is 0.381 e. The van der Waals surface area contributed by atoms with E-state index in [1.165, 1.54) is 30.5 Å². The minimum Gasteiger partial charge on any atom is -0.381 e. The van der Waals surface area contributed by atoms with E-state index in [0.717, 1.165) is 19.3 Å². The van der Waals surface area contributed by atoms with Crippen LogP contribution in [0.5, 0.6) is 0 Å². The normalized spacial score (nSPS) is 31.6. The first-order valence-electron chi connectivity index (χ1n) is 8.03. The SMILES string of the molecule is CCC1(CC)[C@@H](OC)C[C@H]1N[C@H]1CCc2[nH]ncc2C1. The fourth-order valence-electron chi connectivity index (χ4n) is 4.35. The molecule has 0 bridgehead atoms. The summed E-state index contributed by atoms with van der Waals surface area (Å²) in [6.07, 6.45) is 9.44. The lowest BCUT2D eigenvalue weighted by atomic mass is 9.58. The Morgan fingerprint density at radius 2 is 2.25 bits per heavy atom. The highest BCUT2D eigenvalue weighted by molar-refractivity contribution is 5.21. The van der Waals surface area contributed by atoms with Crippen molar-refractivity contribution in [3.63, 3.8) is 0 Å². The molecule has 3 atom stereocenters. The molecule has 1 aromatic rings. The maximum atomic E-state index is 5.69. The van der Waals surface area contributed by atoms with Gasteiger partial charge in [0.2, 0.25) is 0 Å². The number of hydrogen-bond acceptors (Lipinski definition) is 3. The third-order valence-corrected chi connectivity index (χ3v) is 5.84. The number of ether oxygens (including phenoxy) is 1. The fourth-order valence-corrected chi connectivity index (χ4v) is 4.35. The maximum absolute atomic E-state index is 5.69. The van der Waals surface area contributed by atoms with E-state index >= 15 is 0 Å². The van der Waals surface area contributed by atoms with Crippen molar-refractivity contribution >= 4 is 0 Å². The second-order valence-electron chi connectivity index (χ2n) is 6.43. The highest BCUT2D eigenvalue weighted by atomic mass is 16.5. The van der Waals surface area contributed by atoms with Crippen molar-refractivity contribution in [1.82, 2.24) is 15.5 Å². The Balaban J connectivity index is 1.64. The zero-order chi connectivity index (χ0) is 14.2. The van der Waals surface area contributed by atoms with Gasteiger partial charge in [-0.05, 0) is 44.1 Å². The first-order chi connectivity index (χ1) is 9.73. The van der Waals surface area contributed by atoms with Crippen molar-refractivity contribution in [2.75, 3.05) is 7.11 Å². The van der Waals surface area contributed by atoms with E-state index in [1.54, 1.807) is 0 Å². The molecule has 1 heterocycles. The van der Waals surface area contributed by atoms with Gasteiger partial charge in [0.05, 0.1) is 12.3 Å². The van der Waals surface area contributed by atoms with Crippen molar-refractivity contribution in [1.29, 1.82) is 0 Å².